The molecule has 1 aromatic carbocycles. The number of rotatable bonds is 3. The fourth-order valence-corrected chi connectivity index (χ4v) is 4.46. The summed E-state index contributed by atoms with van der Waals surface area (Å²) in [5.74, 6) is 0. The zero-order valence-corrected chi connectivity index (χ0v) is 12.9. The van der Waals surface area contributed by atoms with Gasteiger partial charge in [0, 0.05) is 24.8 Å². The minimum absolute atomic E-state index is 0.138. The normalized spacial score (nSPS) is 19.3. The van der Waals surface area contributed by atoms with E-state index in [2.05, 4.69) is 0 Å². The number of benzene rings is 1. The van der Waals surface area contributed by atoms with Gasteiger partial charge in [-0.3, -0.25) is 10.1 Å². The topological polar surface area (TPSA) is 107 Å². The van der Waals surface area contributed by atoms with Crippen LogP contribution in [0.3, 0.4) is 0 Å². The first kappa shape index (κ1) is 15.7. The summed E-state index contributed by atoms with van der Waals surface area (Å²) in [7, 11) is -3.92. The number of hydrogen-bond acceptors (Lipinski definition) is 5. The van der Waals surface area contributed by atoms with E-state index in [1.54, 1.807) is 0 Å². The molecule has 0 amide bonds. The van der Waals surface area contributed by atoms with E-state index in [-0.39, 0.29) is 16.0 Å². The van der Waals surface area contributed by atoms with Gasteiger partial charge in [-0.05, 0) is 30.4 Å². The Morgan fingerprint density at radius 1 is 1.38 bits per heavy atom. The molecular weight excluding hydrogens is 294 g/mol. The summed E-state index contributed by atoms with van der Waals surface area (Å²) >= 11 is 0. The minimum atomic E-state index is -3.92. The van der Waals surface area contributed by atoms with Gasteiger partial charge in [-0.2, -0.15) is 4.31 Å². The van der Waals surface area contributed by atoms with Crippen molar-refractivity contribution >= 4 is 21.4 Å². The summed E-state index contributed by atoms with van der Waals surface area (Å²) in [4.78, 5) is 10.1. The molecule has 0 radical (unpaired) electrons. The largest absolute Gasteiger partial charge is 0.399 e. The second kappa shape index (κ2) is 5.27. The van der Waals surface area contributed by atoms with E-state index in [9.17, 15) is 18.5 Å². The van der Waals surface area contributed by atoms with Crippen LogP contribution < -0.4 is 5.73 Å². The van der Waals surface area contributed by atoms with Crippen molar-refractivity contribution in [3.8, 4) is 0 Å². The van der Waals surface area contributed by atoms with Gasteiger partial charge in [0.25, 0.3) is 5.69 Å². The van der Waals surface area contributed by atoms with Crippen molar-refractivity contribution < 1.29 is 13.3 Å². The first-order chi connectivity index (χ1) is 9.63. The molecule has 1 saturated heterocycles. The average Bonchev–Trinajstić information content (AvgIpc) is 2.37. The van der Waals surface area contributed by atoms with Crippen LogP contribution in [0.5, 0.6) is 0 Å². The quantitative estimate of drug-likeness (QED) is 0.521. The summed E-state index contributed by atoms with van der Waals surface area (Å²) in [5.41, 5.74) is 5.22. The summed E-state index contributed by atoms with van der Waals surface area (Å²) in [5, 5.41) is 11.1. The number of nitrogens with two attached hydrogens (primary N) is 1. The Morgan fingerprint density at radius 3 is 2.62 bits per heavy atom. The lowest BCUT2D eigenvalue weighted by Gasteiger charge is -2.37. The van der Waals surface area contributed by atoms with Crippen molar-refractivity contribution in [1.29, 1.82) is 0 Å². The lowest BCUT2D eigenvalue weighted by atomic mass is 9.85. The van der Waals surface area contributed by atoms with Crippen LogP contribution in [-0.2, 0) is 10.0 Å². The summed E-state index contributed by atoms with van der Waals surface area (Å²) < 4.78 is 26.8. The first-order valence-corrected chi connectivity index (χ1v) is 8.12. The second-order valence-electron chi connectivity index (χ2n) is 6.09. The molecule has 1 aliphatic heterocycles. The molecule has 0 saturated carbocycles. The molecule has 8 heteroatoms. The molecule has 1 aliphatic rings. The number of nitro benzene ring substituents is 1. The van der Waals surface area contributed by atoms with Crippen molar-refractivity contribution in [3.63, 3.8) is 0 Å². The molecule has 0 unspecified atom stereocenters. The maximum atomic E-state index is 12.7. The minimum Gasteiger partial charge on any atom is -0.399 e. The highest BCUT2D eigenvalue weighted by molar-refractivity contribution is 7.89. The molecular formula is C13H19N3O4S. The Bertz CT molecular complexity index is 670. The predicted octanol–water partition coefficient (Wildman–Crippen LogP) is 1.99. The van der Waals surface area contributed by atoms with Gasteiger partial charge in [0.15, 0.2) is 4.90 Å². The van der Waals surface area contributed by atoms with Crippen molar-refractivity contribution in [3.05, 3.63) is 28.3 Å². The number of sulfonamides is 1. The van der Waals surface area contributed by atoms with Crippen LogP contribution >= 0.6 is 0 Å². The smallest absolute Gasteiger partial charge is 0.289 e. The molecule has 116 valence electrons. The monoisotopic (exact) mass is 313 g/mol. The SMILES string of the molecule is CC1(C)CCCN(S(=O)(=O)c2cc(N)ccc2[N+](=O)[O-])C1. The van der Waals surface area contributed by atoms with Crippen LogP contribution in [0.25, 0.3) is 0 Å². The Balaban J connectivity index is 2.49. The van der Waals surface area contributed by atoms with Gasteiger partial charge in [0.2, 0.25) is 10.0 Å². The average molecular weight is 313 g/mol. The number of piperidine rings is 1. The maximum absolute atomic E-state index is 12.7. The van der Waals surface area contributed by atoms with Crippen molar-refractivity contribution in [2.24, 2.45) is 5.41 Å². The molecule has 2 rings (SSSR count). The Kier molecular flexibility index (Phi) is 3.94. The van der Waals surface area contributed by atoms with Crippen molar-refractivity contribution in [1.82, 2.24) is 4.31 Å². The van der Waals surface area contributed by atoms with E-state index in [0.717, 1.165) is 25.0 Å². The maximum Gasteiger partial charge on any atom is 0.289 e. The summed E-state index contributed by atoms with van der Waals surface area (Å²) in [6.07, 6.45) is 1.67. The Labute approximate surface area is 123 Å². The van der Waals surface area contributed by atoms with Gasteiger partial charge < -0.3 is 5.73 Å². The van der Waals surface area contributed by atoms with Crippen molar-refractivity contribution in [2.75, 3.05) is 18.8 Å². The number of nitrogens with zero attached hydrogens (tertiary/aromatic N) is 2. The van der Waals surface area contributed by atoms with Gasteiger partial charge in [-0.1, -0.05) is 13.8 Å². The lowest BCUT2D eigenvalue weighted by Crippen LogP contribution is -2.43. The summed E-state index contributed by atoms with van der Waals surface area (Å²) in [6, 6.07) is 3.63. The number of anilines is 1. The standard InChI is InChI=1S/C13H19N3O4S/c1-13(2)6-3-7-15(9-13)21(19,20)12-8-10(14)4-5-11(12)16(17)18/h4-5,8H,3,6-7,9,14H2,1-2H3. The number of nitro groups is 1. The van der Waals surface area contributed by atoms with E-state index in [0.29, 0.717) is 13.1 Å². The van der Waals surface area contributed by atoms with Gasteiger partial charge in [0.1, 0.15) is 0 Å². The third kappa shape index (κ3) is 3.16. The molecule has 0 bridgehead atoms. The molecule has 0 aliphatic carbocycles. The zero-order valence-electron chi connectivity index (χ0n) is 12.1. The van der Waals surface area contributed by atoms with Crippen LogP contribution in [0.15, 0.2) is 23.1 Å². The second-order valence-corrected chi connectivity index (χ2v) is 8.00. The third-order valence-corrected chi connectivity index (χ3v) is 5.54. The van der Waals surface area contributed by atoms with Gasteiger partial charge >= 0.3 is 0 Å². The molecule has 0 atom stereocenters. The first-order valence-electron chi connectivity index (χ1n) is 6.68. The van der Waals surface area contributed by atoms with E-state index in [4.69, 9.17) is 5.73 Å². The molecule has 1 aromatic rings. The van der Waals surface area contributed by atoms with Crippen LogP contribution in [0.4, 0.5) is 11.4 Å². The molecule has 1 fully saturated rings. The van der Waals surface area contributed by atoms with E-state index in [1.165, 1.54) is 10.4 Å². The number of nitrogen functional groups attached to an aromatic ring is 1. The fraction of sp³-hybridized carbons (Fsp3) is 0.538. The lowest BCUT2D eigenvalue weighted by molar-refractivity contribution is -0.387. The van der Waals surface area contributed by atoms with E-state index >= 15 is 0 Å². The Hall–Kier alpha value is -1.67. The van der Waals surface area contributed by atoms with E-state index < -0.39 is 20.6 Å². The van der Waals surface area contributed by atoms with Gasteiger partial charge in [0.05, 0.1) is 4.92 Å². The summed E-state index contributed by atoms with van der Waals surface area (Å²) in [6.45, 7) is 4.70. The van der Waals surface area contributed by atoms with Crippen LogP contribution in [0.1, 0.15) is 26.7 Å². The van der Waals surface area contributed by atoms with E-state index in [1.807, 2.05) is 13.8 Å². The number of hydrogen-bond donors (Lipinski definition) is 1. The van der Waals surface area contributed by atoms with Crippen molar-refractivity contribution in [2.45, 2.75) is 31.6 Å². The highest BCUT2D eigenvalue weighted by Crippen LogP contribution is 2.34. The highest BCUT2D eigenvalue weighted by Gasteiger charge is 2.37. The predicted molar refractivity (Wildman–Crippen MR) is 79.3 cm³/mol. The molecule has 1 heterocycles. The molecule has 2 N–H and O–H groups in total. The molecule has 0 spiro atoms. The van der Waals surface area contributed by atoms with Crippen LogP contribution in [0.2, 0.25) is 0 Å². The third-order valence-electron chi connectivity index (χ3n) is 3.66. The molecule has 7 nitrogen and oxygen atoms in total. The van der Waals surface area contributed by atoms with Crippen LogP contribution in [0, 0.1) is 15.5 Å². The highest BCUT2D eigenvalue weighted by atomic mass is 32.2. The van der Waals surface area contributed by atoms with Gasteiger partial charge in [-0.25, -0.2) is 8.42 Å². The molecule has 0 aromatic heterocycles. The van der Waals surface area contributed by atoms with Crippen LogP contribution in [-0.4, -0.2) is 30.7 Å². The zero-order chi connectivity index (χ0) is 15.8. The van der Waals surface area contributed by atoms with Gasteiger partial charge in [-0.15, -0.1) is 0 Å². The fourth-order valence-electron chi connectivity index (χ4n) is 2.60. The Morgan fingerprint density at radius 2 is 2.05 bits per heavy atom. The molecule has 21 heavy (non-hydrogen) atoms.